The zero-order valence-electron chi connectivity index (χ0n) is 28.2. The molecule has 55 heavy (non-hydrogen) atoms. The molecular formula is C33H40O22. The first kappa shape index (κ1) is 40.7. The molecule has 3 fully saturated rings. The summed E-state index contributed by atoms with van der Waals surface area (Å²) in [5.41, 5.74) is -1.68. The normalized spacial score (nSPS) is 36.9. The molecule has 7 unspecified atom stereocenters. The van der Waals surface area contributed by atoms with Crippen molar-refractivity contribution in [1.29, 1.82) is 0 Å². The highest BCUT2D eigenvalue weighted by Crippen LogP contribution is 2.40. The summed E-state index contributed by atoms with van der Waals surface area (Å²) in [5.74, 6) is -3.93. The van der Waals surface area contributed by atoms with E-state index in [1.807, 2.05) is 0 Å². The molecule has 3 aliphatic rings. The van der Waals surface area contributed by atoms with Crippen molar-refractivity contribution in [2.24, 2.45) is 0 Å². The van der Waals surface area contributed by atoms with Crippen molar-refractivity contribution in [2.75, 3.05) is 19.8 Å². The van der Waals surface area contributed by atoms with E-state index in [0.29, 0.717) is 0 Å². The molecule has 0 aliphatic carbocycles. The number of hydrogen-bond donors (Lipinski definition) is 14. The zero-order chi connectivity index (χ0) is 40.0. The third kappa shape index (κ3) is 7.76. The predicted molar refractivity (Wildman–Crippen MR) is 174 cm³/mol. The number of phenols is 4. The number of rotatable bonds is 10. The molecule has 15 atom stereocenters. The maximum absolute atomic E-state index is 14.1. The van der Waals surface area contributed by atoms with E-state index in [0.717, 1.165) is 24.3 Å². The van der Waals surface area contributed by atoms with Crippen LogP contribution in [0.5, 0.6) is 28.7 Å². The number of aromatic hydroxyl groups is 4. The van der Waals surface area contributed by atoms with Gasteiger partial charge in [-0.2, -0.15) is 0 Å². The van der Waals surface area contributed by atoms with Crippen LogP contribution < -0.4 is 10.2 Å². The Kier molecular flexibility index (Phi) is 12.0. The third-order valence-electron chi connectivity index (χ3n) is 9.45. The second-order valence-electron chi connectivity index (χ2n) is 13.1. The molecule has 3 saturated heterocycles. The summed E-state index contributed by atoms with van der Waals surface area (Å²) in [6.45, 7) is -2.49. The van der Waals surface area contributed by atoms with E-state index in [1.54, 1.807) is 0 Å². The minimum Gasteiger partial charge on any atom is -0.508 e. The fourth-order valence-electron chi connectivity index (χ4n) is 6.36. The van der Waals surface area contributed by atoms with E-state index in [1.165, 1.54) is 6.07 Å². The number of ether oxygens (including phenoxy) is 6. The third-order valence-corrected chi connectivity index (χ3v) is 9.45. The van der Waals surface area contributed by atoms with Crippen molar-refractivity contribution < 1.29 is 104 Å². The summed E-state index contributed by atoms with van der Waals surface area (Å²) in [5, 5.41) is 144. The number of phenolic OH excluding ortho intramolecular Hbond substituents is 4. The summed E-state index contributed by atoms with van der Waals surface area (Å²) >= 11 is 0. The number of aliphatic hydroxyl groups excluding tert-OH is 10. The fraction of sp³-hybridized carbons (Fsp3) is 0.545. The first-order chi connectivity index (χ1) is 26.1. The predicted octanol–water partition coefficient (Wildman–Crippen LogP) is -4.89. The van der Waals surface area contributed by atoms with Crippen molar-refractivity contribution >= 4 is 11.0 Å². The summed E-state index contributed by atoms with van der Waals surface area (Å²) in [7, 11) is 0. The summed E-state index contributed by atoms with van der Waals surface area (Å²) in [6.07, 6.45) is -28.0. The highest BCUT2D eigenvalue weighted by Gasteiger charge is 2.53. The standard InChI is InChI=1S/C33H40O22/c34-6-15-19(40)23(44)26(47)31(51-15)49-8-17-21(42)25(46)30(55-32-27(48)24(45)20(41)16(7-35)52-32)33(53-17)54-29-22(43)18-13(39)4-10(36)5-14(18)50-28(29)9-1-2-11(37)12(38)3-9/h1-5,15-17,19-21,23-27,30-42,44-48H,6-8H2/t15?,16?,17?,19-,20-,21-,23+,24?,25?,26?,27-,30?,31-,32+,33+/m1/s1. The Hall–Kier alpha value is -3.95. The first-order valence-electron chi connectivity index (χ1n) is 16.7. The zero-order valence-corrected chi connectivity index (χ0v) is 28.2. The molecule has 3 aliphatic heterocycles. The molecular weight excluding hydrogens is 748 g/mol. The lowest BCUT2D eigenvalue weighted by atomic mass is 9.97. The van der Waals surface area contributed by atoms with E-state index in [4.69, 9.17) is 32.8 Å². The molecule has 0 saturated carbocycles. The second-order valence-corrected chi connectivity index (χ2v) is 13.1. The molecule has 3 aromatic rings. The minimum absolute atomic E-state index is 0.141. The number of fused-ring (bicyclic) bond motifs is 1. The molecule has 6 rings (SSSR count). The molecule has 1 aromatic heterocycles. The van der Waals surface area contributed by atoms with Crippen LogP contribution >= 0.6 is 0 Å². The van der Waals surface area contributed by atoms with E-state index in [2.05, 4.69) is 0 Å². The lowest BCUT2D eigenvalue weighted by Gasteiger charge is -2.46. The average molecular weight is 789 g/mol. The van der Waals surface area contributed by atoms with Gasteiger partial charge < -0.3 is 104 Å². The molecule has 22 nitrogen and oxygen atoms in total. The SMILES string of the molecule is O=c1c(O[C@@H]2OC(CO[C@@H]3OC(CO)[C@@H](O)[C@H](O)C3O)[C@@H](O)C(O)C2O[C@@H]2OC(CO)[C@@H](O)C(O)[C@H]2O)c(-c2ccc(O)c(O)c2)oc2cc(O)cc(O)c12. The largest absolute Gasteiger partial charge is 0.508 e. The van der Waals surface area contributed by atoms with Gasteiger partial charge in [-0.15, -0.1) is 0 Å². The van der Waals surface area contributed by atoms with Gasteiger partial charge in [0.25, 0.3) is 0 Å². The highest BCUT2D eigenvalue weighted by atomic mass is 16.8. The van der Waals surface area contributed by atoms with Crippen molar-refractivity contribution in [3.05, 3.63) is 40.6 Å². The molecule has 14 N–H and O–H groups in total. The van der Waals surface area contributed by atoms with Gasteiger partial charge in [-0.3, -0.25) is 4.79 Å². The van der Waals surface area contributed by atoms with Crippen LogP contribution in [0.4, 0.5) is 0 Å². The van der Waals surface area contributed by atoms with Crippen LogP contribution in [0.2, 0.25) is 0 Å². The molecule has 22 heteroatoms. The number of hydrogen-bond acceptors (Lipinski definition) is 22. The Labute approximate surface area is 307 Å². The van der Waals surface area contributed by atoms with Crippen molar-refractivity contribution in [2.45, 2.75) is 92.1 Å². The van der Waals surface area contributed by atoms with Crippen LogP contribution in [0.15, 0.2) is 39.5 Å². The van der Waals surface area contributed by atoms with E-state index in [9.17, 15) is 76.3 Å². The monoisotopic (exact) mass is 788 g/mol. The topological polar surface area (TPSA) is 369 Å². The molecule has 0 spiro atoms. The molecule has 0 radical (unpaired) electrons. The van der Waals surface area contributed by atoms with E-state index >= 15 is 0 Å². The molecule has 304 valence electrons. The van der Waals surface area contributed by atoms with Gasteiger partial charge >= 0.3 is 0 Å². The van der Waals surface area contributed by atoms with Crippen LogP contribution in [-0.2, 0) is 23.7 Å². The van der Waals surface area contributed by atoms with E-state index < -0.39 is 163 Å². The summed E-state index contributed by atoms with van der Waals surface area (Å²) in [6, 6.07) is 4.93. The van der Waals surface area contributed by atoms with Gasteiger partial charge in [-0.1, -0.05) is 0 Å². The van der Waals surface area contributed by atoms with Gasteiger partial charge in [-0.05, 0) is 18.2 Å². The van der Waals surface area contributed by atoms with E-state index in [-0.39, 0.29) is 5.56 Å². The molecule has 2 aromatic carbocycles. The lowest BCUT2D eigenvalue weighted by molar-refractivity contribution is -0.363. The second kappa shape index (κ2) is 16.3. The fourth-order valence-corrected chi connectivity index (χ4v) is 6.36. The van der Waals surface area contributed by atoms with Gasteiger partial charge in [0.15, 0.2) is 35.9 Å². The van der Waals surface area contributed by atoms with Crippen LogP contribution in [0, 0.1) is 0 Å². The first-order valence-corrected chi connectivity index (χ1v) is 16.7. The summed E-state index contributed by atoms with van der Waals surface area (Å²) < 4.78 is 39.6. The summed E-state index contributed by atoms with van der Waals surface area (Å²) in [4.78, 5) is 14.1. The lowest BCUT2D eigenvalue weighted by Crippen LogP contribution is -2.65. The van der Waals surface area contributed by atoms with Crippen LogP contribution in [0.25, 0.3) is 22.3 Å². The number of aliphatic hydroxyl groups is 10. The Morgan fingerprint density at radius 2 is 1.18 bits per heavy atom. The van der Waals surface area contributed by atoms with Crippen molar-refractivity contribution in [3.63, 3.8) is 0 Å². The maximum atomic E-state index is 14.1. The smallest absolute Gasteiger partial charge is 0.239 e. The number of benzene rings is 2. The van der Waals surface area contributed by atoms with Gasteiger partial charge in [0.05, 0.1) is 19.8 Å². The van der Waals surface area contributed by atoms with Gasteiger partial charge in [0.1, 0.15) is 89.6 Å². The Morgan fingerprint density at radius 1 is 0.600 bits per heavy atom. The van der Waals surface area contributed by atoms with Crippen molar-refractivity contribution in [1.82, 2.24) is 0 Å². The van der Waals surface area contributed by atoms with Gasteiger partial charge in [-0.25, -0.2) is 0 Å². The quantitative estimate of drug-likeness (QED) is 0.0856. The maximum Gasteiger partial charge on any atom is 0.239 e. The highest BCUT2D eigenvalue weighted by molar-refractivity contribution is 5.88. The van der Waals surface area contributed by atoms with Crippen molar-refractivity contribution in [3.8, 4) is 40.1 Å². The molecule has 4 heterocycles. The van der Waals surface area contributed by atoms with Crippen LogP contribution in [-0.4, -0.2) is 183 Å². The Morgan fingerprint density at radius 3 is 1.80 bits per heavy atom. The Bertz CT molecular complexity index is 1870. The molecule has 0 bridgehead atoms. The average Bonchev–Trinajstić information content (AvgIpc) is 3.15. The van der Waals surface area contributed by atoms with Crippen LogP contribution in [0.1, 0.15) is 0 Å². The molecule has 0 amide bonds. The van der Waals surface area contributed by atoms with Gasteiger partial charge in [0, 0.05) is 17.7 Å². The van der Waals surface area contributed by atoms with Crippen LogP contribution in [0.3, 0.4) is 0 Å². The minimum atomic E-state index is -2.14. The Balaban J connectivity index is 1.40. The van der Waals surface area contributed by atoms with Gasteiger partial charge in [0.2, 0.25) is 17.5 Å².